The van der Waals surface area contributed by atoms with Crippen molar-refractivity contribution < 1.29 is 9.50 Å². The molecule has 3 nitrogen and oxygen atoms in total. The minimum atomic E-state index is -0.459. The van der Waals surface area contributed by atoms with Crippen molar-refractivity contribution in [2.24, 2.45) is 0 Å². The second-order valence-corrected chi connectivity index (χ2v) is 5.24. The molecular formula is C17H17FN2O. The number of benzene rings is 2. The highest BCUT2D eigenvalue weighted by atomic mass is 19.1. The zero-order valence-electron chi connectivity index (χ0n) is 12.1. The fourth-order valence-electron chi connectivity index (χ4n) is 2.58. The van der Waals surface area contributed by atoms with E-state index in [1.165, 1.54) is 6.07 Å². The molecule has 0 saturated carbocycles. The standard InChI is InChI=1S/C17H17FN2O/c1-3-8-20-16-7-4-11(2)9-15(16)19-17(20)13-6-5-12(21)10-14(13)18/h4-7,9-10,21H,3,8H2,1-2H3. The van der Waals surface area contributed by atoms with Crippen LogP contribution in [0.5, 0.6) is 5.75 Å². The number of phenolic OH excluding ortho intramolecular Hbond substituents is 1. The molecular weight excluding hydrogens is 267 g/mol. The van der Waals surface area contributed by atoms with Crippen LogP contribution in [-0.2, 0) is 6.54 Å². The number of aryl methyl sites for hydroxylation is 2. The summed E-state index contributed by atoms with van der Waals surface area (Å²) in [5.74, 6) is 0.0691. The number of imidazole rings is 1. The summed E-state index contributed by atoms with van der Waals surface area (Å²) in [6.07, 6.45) is 0.937. The molecule has 0 aliphatic rings. The molecule has 0 aliphatic carbocycles. The first-order chi connectivity index (χ1) is 10.1. The highest BCUT2D eigenvalue weighted by molar-refractivity contribution is 5.81. The molecule has 0 atom stereocenters. The lowest BCUT2D eigenvalue weighted by Crippen LogP contribution is -2.01. The number of aromatic nitrogens is 2. The van der Waals surface area contributed by atoms with Crippen molar-refractivity contribution in [3.63, 3.8) is 0 Å². The van der Waals surface area contributed by atoms with Crippen LogP contribution in [0.25, 0.3) is 22.4 Å². The van der Waals surface area contributed by atoms with Crippen LogP contribution < -0.4 is 0 Å². The first-order valence-electron chi connectivity index (χ1n) is 7.06. The SMILES string of the molecule is CCCn1c(-c2ccc(O)cc2F)nc2cc(C)ccc21. The lowest BCUT2D eigenvalue weighted by molar-refractivity contribution is 0.469. The molecule has 4 heteroatoms. The van der Waals surface area contributed by atoms with Gasteiger partial charge < -0.3 is 9.67 Å². The predicted molar refractivity (Wildman–Crippen MR) is 81.8 cm³/mol. The largest absolute Gasteiger partial charge is 0.508 e. The molecule has 1 aromatic heterocycles. The molecule has 3 rings (SSSR count). The van der Waals surface area contributed by atoms with Crippen LogP contribution in [0, 0.1) is 12.7 Å². The summed E-state index contributed by atoms with van der Waals surface area (Å²) in [6.45, 7) is 4.87. The first kappa shape index (κ1) is 13.6. The second-order valence-electron chi connectivity index (χ2n) is 5.24. The fraction of sp³-hybridized carbons (Fsp3) is 0.235. The molecule has 0 unspecified atom stereocenters. The zero-order chi connectivity index (χ0) is 15.0. The minimum absolute atomic E-state index is 0.0785. The summed E-state index contributed by atoms with van der Waals surface area (Å²) in [7, 11) is 0. The zero-order valence-corrected chi connectivity index (χ0v) is 12.1. The Bertz CT molecular complexity index is 808. The van der Waals surface area contributed by atoms with Crippen molar-refractivity contribution in [2.45, 2.75) is 26.8 Å². The number of hydrogen-bond acceptors (Lipinski definition) is 2. The Kier molecular flexibility index (Phi) is 3.37. The Morgan fingerprint density at radius 1 is 1.19 bits per heavy atom. The predicted octanol–water partition coefficient (Wildman–Crippen LogP) is 4.27. The van der Waals surface area contributed by atoms with Crippen LogP contribution in [0.2, 0.25) is 0 Å². The fourth-order valence-corrected chi connectivity index (χ4v) is 2.58. The molecule has 0 saturated heterocycles. The molecule has 1 N–H and O–H groups in total. The molecule has 2 aromatic carbocycles. The molecule has 0 amide bonds. The van der Waals surface area contributed by atoms with Gasteiger partial charge in [0.2, 0.25) is 0 Å². The van der Waals surface area contributed by atoms with Gasteiger partial charge in [-0.25, -0.2) is 9.37 Å². The van der Waals surface area contributed by atoms with Crippen LogP contribution in [-0.4, -0.2) is 14.7 Å². The maximum atomic E-state index is 14.2. The van der Waals surface area contributed by atoms with E-state index < -0.39 is 5.82 Å². The van der Waals surface area contributed by atoms with Gasteiger partial charge >= 0.3 is 0 Å². The van der Waals surface area contributed by atoms with Crippen LogP contribution >= 0.6 is 0 Å². The number of hydrogen-bond donors (Lipinski definition) is 1. The molecule has 0 aliphatic heterocycles. The molecule has 21 heavy (non-hydrogen) atoms. The minimum Gasteiger partial charge on any atom is -0.508 e. The van der Waals surface area contributed by atoms with Gasteiger partial charge in [-0.05, 0) is 43.2 Å². The number of fused-ring (bicyclic) bond motifs is 1. The van der Waals surface area contributed by atoms with Crippen molar-refractivity contribution in [1.82, 2.24) is 9.55 Å². The van der Waals surface area contributed by atoms with Gasteiger partial charge in [-0.3, -0.25) is 0 Å². The first-order valence-corrected chi connectivity index (χ1v) is 7.06. The third-order valence-electron chi connectivity index (χ3n) is 3.54. The van der Waals surface area contributed by atoms with Crippen molar-refractivity contribution in [3.05, 3.63) is 47.8 Å². The van der Waals surface area contributed by atoms with E-state index in [2.05, 4.69) is 11.9 Å². The van der Waals surface area contributed by atoms with Crippen molar-refractivity contribution in [3.8, 4) is 17.1 Å². The normalized spacial score (nSPS) is 11.2. The number of nitrogens with zero attached hydrogens (tertiary/aromatic N) is 2. The van der Waals surface area contributed by atoms with E-state index >= 15 is 0 Å². The Hall–Kier alpha value is -2.36. The van der Waals surface area contributed by atoms with Crippen LogP contribution in [0.1, 0.15) is 18.9 Å². The van der Waals surface area contributed by atoms with Crippen LogP contribution in [0.15, 0.2) is 36.4 Å². The van der Waals surface area contributed by atoms with Gasteiger partial charge in [0.05, 0.1) is 16.6 Å². The number of rotatable bonds is 3. The molecule has 0 radical (unpaired) electrons. The van der Waals surface area contributed by atoms with E-state index in [1.807, 2.05) is 29.7 Å². The smallest absolute Gasteiger partial charge is 0.144 e. The Balaban J connectivity index is 2.27. The van der Waals surface area contributed by atoms with E-state index in [9.17, 15) is 9.50 Å². The molecule has 3 aromatic rings. The van der Waals surface area contributed by atoms with Crippen molar-refractivity contribution in [1.29, 1.82) is 0 Å². The number of aromatic hydroxyl groups is 1. The molecule has 1 heterocycles. The number of halogens is 1. The van der Waals surface area contributed by atoms with E-state index in [4.69, 9.17) is 0 Å². The van der Waals surface area contributed by atoms with Gasteiger partial charge in [0.15, 0.2) is 0 Å². The van der Waals surface area contributed by atoms with E-state index in [1.54, 1.807) is 6.07 Å². The van der Waals surface area contributed by atoms with Crippen molar-refractivity contribution >= 4 is 11.0 Å². The summed E-state index contributed by atoms with van der Waals surface area (Å²) < 4.78 is 16.2. The summed E-state index contributed by atoms with van der Waals surface area (Å²) in [5, 5.41) is 9.37. The third kappa shape index (κ3) is 2.37. The molecule has 0 spiro atoms. The van der Waals surface area contributed by atoms with E-state index in [-0.39, 0.29) is 5.75 Å². The van der Waals surface area contributed by atoms with Gasteiger partial charge in [0, 0.05) is 12.6 Å². The summed E-state index contributed by atoms with van der Waals surface area (Å²) in [6, 6.07) is 10.2. The molecule has 0 fully saturated rings. The summed E-state index contributed by atoms with van der Waals surface area (Å²) in [4.78, 5) is 4.59. The number of phenols is 1. The average Bonchev–Trinajstić information content (AvgIpc) is 2.77. The summed E-state index contributed by atoms with van der Waals surface area (Å²) >= 11 is 0. The Morgan fingerprint density at radius 2 is 2.00 bits per heavy atom. The highest BCUT2D eigenvalue weighted by Gasteiger charge is 2.15. The second kappa shape index (κ2) is 5.20. The maximum Gasteiger partial charge on any atom is 0.144 e. The van der Waals surface area contributed by atoms with Gasteiger partial charge in [-0.15, -0.1) is 0 Å². The highest BCUT2D eigenvalue weighted by Crippen LogP contribution is 2.29. The van der Waals surface area contributed by atoms with E-state index in [0.29, 0.717) is 11.4 Å². The maximum absolute atomic E-state index is 14.2. The van der Waals surface area contributed by atoms with Gasteiger partial charge in [-0.1, -0.05) is 13.0 Å². The van der Waals surface area contributed by atoms with Crippen molar-refractivity contribution in [2.75, 3.05) is 0 Å². The van der Waals surface area contributed by atoms with Gasteiger partial charge in [0.25, 0.3) is 0 Å². The van der Waals surface area contributed by atoms with Crippen LogP contribution in [0.3, 0.4) is 0 Å². The van der Waals surface area contributed by atoms with E-state index in [0.717, 1.165) is 35.6 Å². The van der Waals surface area contributed by atoms with Gasteiger partial charge in [0.1, 0.15) is 17.4 Å². The van der Waals surface area contributed by atoms with Crippen LogP contribution in [0.4, 0.5) is 4.39 Å². The lowest BCUT2D eigenvalue weighted by atomic mass is 10.2. The lowest BCUT2D eigenvalue weighted by Gasteiger charge is -2.08. The summed E-state index contributed by atoms with van der Waals surface area (Å²) in [5.41, 5.74) is 3.41. The van der Waals surface area contributed by atoms with Gasteiger partial charge in [-0.2, -0.15) is 0 Å². The molecule has 0 bridgehead atoms. The topological polar surface area (TPSA) is 38.0 Å². The average molecular weight is 284 g/mol. The Labute approximate surface area is 122 Å². The Morgan fingerprint density at radius 3 is 2.71 bits per heavy atom. The third-order valence-corrected chi connectivity index (χ3v) is 3.54. The quantitative estimate of drug-likeness (QED) is 0.780. The monoisotopic (exact) mass is 284 g/mol. The molecule has 108 valence electrons.